The van der Waals surface area contributed by atoms with Gasteiger partial charge in [0.1, 0.15) is 12.4 Å². The smallest absolute Gasteiger partial charge is 0.123 e. The molecule has 0 fully saturated rings. The van der Waals surface area contributed by atoms with Crippen LogP contribution in [-0.4, -0.2) is 16.9 Å². The molecule has 3 heteroatoms. The molecule has 2 nitrogen and oxygen atoms in total. The lowest BCUT2D eigenvalue weighted by atomic mass is 9.73. The van der Waals surface area contributed by atoms with Gasteiger partial charge in [-0.25, -0.2) is 0 Å². The molecule has 0 aliphatic carbocycles. The van der Waals surface area contributed by atoms with Crippen LogP contribution in [0.15, 0.2) is 47.5 Å². The molecule has 0 bridgehead atoms. The number of hydrogen-bond acceptors (Lipinski definition) is 2. The minimum atomic E-state index is 0.0167. The highest BCUT2D eigenvalue weighted by Gasteiger charge is 2.47. The zero-order valence-electron chi connectivity index (χ0n) is 13.4. The van der Waals surface area contributed by atoms with Gasteiger partial charge < -0.3 is 9.30 Å². The molecule has 1 spiro atoms. The quantitative estimate of drug-likeness (QED) is 0.598. The molecule has 1 unspecified atom stereocenters. The Kier molecular flexibility index (Phi) is 2.70. The number of fused-ring (bicyclic) bond motifs is 6. The first kappa shape index (κ1) is 13.6. The lowest BCUT2D eigenvalue weighted by Gasteiger charge is -2.33. The van der Waals surface area contributed by atoms with Crippen molar-refractivity contribution in [1.29, 1.82) is 0 Å². The highest BCUT2D eigenvalue weighted by molar-refractivity contribution is 7.99. The Bertz CT molecular complexity index is 942. The summed E-state index contributed by atoms with van der Waals surface area (Å²) in [6.07, 6.45) is 1.15. The second kappa shape index (κ2) is 4.57. The number of hydrogen-bond donors (Lipinski definition) is 0. The summed E-state index contributed by atoms with van der Waals surface area (Å²) in [4.78, 5) is 0. The Morgan fingerprint density at radius 3 is 2.96 bits per heavy atom. The van der Waals surface area contributed by atoms with Crippen LogP contribution in [0.25, 0.3) is 10.9 Å². The van der Waals surface area contributed by atoms with Gasteiger partial charge >= 0.3 is 0 Å². The number of ether oxygens (including phenoxy) is 1. The van der Waals surface area contributed by atoms with Gasteiger partial charge in [-0.15, -0.1) is 11.8 Å². The van der Waals surface area contributed by atoms with E-state index in [4.69, 9.17) is 4.74 Å². The Morgan fingerprint density at radius 2 is 2.04 bits per heavy atom. The van der Waals surface area contributed by atoms with Crippen molar-refractivity contribution in [3.05, 3.63) is 59.2 Å². The van der Waals surface area contributed by atoms with E-state index < -0.39 is 0 Å². The summed E-state index contributed by atoms with van der Waals surface area (Å²) in [6.45, 7) is 2.95. The Balaban J connectivity index is 1.88. The molecule has 116 valence electrons. The summed E-state index contributed by atoms with van der Waals surface area (Å²) in [5.74, 6) is 2.22. The topological polar surface area (TPSA) is 14.2 Å². The van der Waals surface area contributed by atoms with Crippen LogP contribution in [0.2, 0.25) is 0 Å². The van der Waals surface area contributed by atoms with Gasteiger partial charge in [0.25, 0.3) is 0 Å². The van der Waals surface area contributed by atoms with Crippen LogP contribution in [0.3, 0.4) is 0 Å². The number of aryl methyl sites for hydroxylation is 2. The standard InChI is InChI=1S/C20H19NOS/c1-13-7-8-17-15(11-13)20(12-22-17)9-10-23-19-18(20)14-5-3-4-6-16(14)21(19)2/h3-8,11H,9-10,12H2,1-2H3. The van der Waals surface area contributed by atoms with Crippen LogP contribution in [-0.2, 0) is 12.5 Å². The van der Waals surface area contributed by atoms with Crippen molar-refractivity contribution < 1.29 is 4.74 Å². The summed E-state index contributed by atoms with van der Waals surface area (Å²) in [6, 6.07) is 15.4. The van der Waals surface area contributed by atoms with Crippen molar-refractivity contribution in [1.82, 2.24) is 4.57 Å². The van der Waals surface area contributed by atoms with Gasteiger partial charge in [0, 0.05) is 34.8 Å². The first-order chi connectivity index (χ1) is 11.2. The minimum absolute atomic E-state index is 0.0167. The summed E-state index contributed by atoms with van der Waals surface area (Å²) in [5.41, 5.74) is 5.52. The summed E-state index contributed by atoms with van der Waals surface area (Å²) in [5, 5.41) is 2.80. The maximum absolute atomic E-state index is 6.14. The van der Waals surface area contributed by atoms with Crippen molar-refractivity contribution in [3.63, 3.8) is 0 Å². The predicted molar refractivity (Wildman–Crippen MR) is 95.7 cm³/mol. The maximum Gasteiger partial charge on any atom is 0.123 e. The van der Waals surface area contributed by atoms with Crippen LogP contribution in [0.1, 0.15) is 23.1 Å². The van der Waals surface area contributed by atoms with E-state index >= 15 is 0 Å². The van der Waals surface area contributed by atoms with Crippen molar-refractivity contribution in [3.8, 4) is 5.75 Å². The molecule has 1 atom stereocenters. The number of rotatable bonds is 0. The lowest BCUT2D eigenvalue weighted by Crippen LogP contribution is -2.33. The highest BCUT2D eigenvalue weighted by atomic mass is 32.2. The predicted octanol–water partition coefficient (Wildman–Crippen LogP) is 4.66. The van der Waals surface area contributed by atoms with E-state index in [-0.39, 0.29) is 5.41 Å². The van der Waals surface area contributed by atoms with Crippen molar-refractivity contribution in [2.45, 2.75) is 23.8 Å². The second-order valence-corrected chi connectivity index (χ2v) is 7.81. The highest BCUT2D eigenvalue weighted by Crippen LogP contribution is 2.54. The molecule has 0 saturated carbocycles. The first-order valence-electron chi connectivity index (χ1n) is 8.15. The summed E-state index contributed by atoms with van der Waals surface area (Å²) < 4.78 is 8.51. The molecule has 2 aliphatic heterocycles. The summed E-state index contributed by atoms with van der Waals surface area (Å²) in [7, 11) is 2.19. The number of benzene rings is 2. The number of aromatic nitrogens is 1. The minimum Gasteiger partial charge on any atom is -0.492 e. The molecule has 3 heterocycles. The third kappa shape index (κ3) is 1.66. The van der Waals surface area contributed by atoms with Crippen LogP contribution in [0.5, 0.6) is 5.75 Å². The molecule has 0 amide bonds. The molecule has 0 radical (unpaired) electrons. The monoisotopic (exact) mass is 321 g/mol. The zero-order chi connectivity index (χ0) is 15.6. The normalized spacial score (nSPS) is 22.2. The molecule has 23 heavy (non-hydrogen) atoms. The fraction of sp³-hybridized carbons (Fsp3) is 0.300. The number of nitrogens with zero attached hydrogens (tertiary/aromatic N) is 1. The molecule has 0 saturated heterocycles. The van der Waals surface area contributed by atoms with E-state index in [1.165, 1.54) is 32.6 Å². The van der Waals surface area contributed by atoms with E-state index in [1.807, 2.05) is 11.8 Å². The first-order valence-corrected chi connectivity index (χ1v) is 9.14. The van der Waals surface area contributed by atoms with Crippen molar-refractivity contribution >= 4 is 22.7 Å². The molecular formula is C20H19NOS. The zero-order valence-corrected chi connectivity index (χ0v) is 14.2. The third-order valence-electron chi connectivity index (χ3n) is 5.42. The van der Waals surface area contributed by atoms with Crippen molar-refractivity contribution in [2.24, 2.45) is 7.05 Å². The van der Waals surface area contributed by atoms with Gasteiger partial charge in [-0.1, -0.05) is 35.9 Å². The van der Waals surface area contributed by atoms with Gasteiger partial charge in [0.15, 0.2) is 0 Å². The Labute approximate surface area is 140 Å². The molecule has 1 aromatic heterocycles. The molecular weight excluding hydrogens is 302 g/mol. The van der Waals surface area contributed by atoms with E-state index in [1.54, 1.807) is 0 Å². The van der Waals surface area contributed by atoms with Crippen molar-refractivity contribution in [2.75, 3.05) is 12.4 Å². The van der Waals surface area contributed by atoms with Crippen LogP contribution < -0.4 is 4.74 Å². The fourth-order valence-electron chi connectivity index (χ4n) is 4.28. The molecule has 3 aromatic rings. The van der Waals surface area contributed by atoms with Crippen LogP contribution in [0.4, 0.5) is 0 Å². The number of para-hydroxylation sites is 1. The van der Waals surface area contributed by atoms with E-state index in [9.17, 15) is 0 Å². The van der Waals surface area contributed by atoms with E-state index in [0.29, 0.717) is 0 Å². The maximum atomic E-state index is 6.14. The van der Waals surface area contributed by atoms with E-state index in [2.05, 4.69) is 61.0 Å². The second-order valence-electron chi connectivity index (χ2n) is 6.73. The molecule has 5 rings (SSSR count). The average Bonchev–Trinajstić information content (AvgIpc) is 3.07. The Morgan fingerprint density at radius 1 is 1.17 bits per heavy atom. The number of thioether (sulfide) groups is 1. The van der Waals surface area contributed by atoms with Gasteiger partial charge in [0.2, 0.25) is 0 Å². The lowest BCUT2D eigenvalue weighted by molar-refractivity contribution is 0.285. The fourth-order valence-corrected chi connectivity index (χ4v) is 5.67. The third-order valence-corrected chi connectivity index (χ3v) is 6.58. The average molecular weight is 321 g/mol. The van der Waals surface area contributed by atoms with Gasteiger partial charge in [-0.2, -0.15) is 0 Å². The van der Waals surface area contributed by atoms with Crippen LogP contribution >= 0.6 is 11.8 Å². The molecule has 2 aliphatic rings. The summed E-state index contributed by atoms with van der Waals surface area (Å²) >= 11 is 1.99. The largest absolute Gasteiger partial charge is 0.492 e. The van der Waals surface area contributed by atoms with Crippen LogP contribution in [0, 0.1) is 6.92 Å². The SMILES string of the molecule is Cc1ccc2c(c1)C1(CCSc3c1c1ccccc1n3C)CO2. The molecule has 2 aromatic carbocycles. The van der Waals surface area contributed by atoms with E-state index in [0.717, 1.165) is 24.5 Å². The van der Waals surface area contributed by atoms with Gasteiger partial charge in [0.05, 0.1) is 10.4 Å². The molecule has 0 N–H and O–H groups in total. The van der Waals surface area contributed by atoms with Gasteiger partial charge in [-0.05, 0) is 25.5 Å². The van der Waals surface area contributed by atoms with Gasteiger partial charge in [-0.3, -0.25) is 0 Å². The Hall–Kier alpha value is -1.87.